The molecule has 0 rings (SSSR count). The van der Waals surface area contributed by atoms with Gasteiger partial charge >= 0.3 is 17.9 Å². The normalized spacial score (nSPS) is 13.5. The van der Waals surface area contributed by atoms with Crippen LogP contribution in [0, 0.1) is 0 Å². The van der Waals surface area contributed by atoms with Crippen LogP contribution in [-0.2, 0) is 28.6 Å². The lowest BCUT2D eigenvalue weighted by molar-refractivity contribution is -0.887. The van der Waals surface area contributed by atoms with E-state index in [0.717, 1.165) is 51.4 Å². The number of carbonyl (C=O) groups excluding carboxylic acids is 2. The number of nitrogens with zero attached hydrogens (tertiary/aromatic N) is 1. The number of rotatable bonds is 41. The Kier molecular flexibility index (Phi) is 38.7. The van der Waals surface area contributed by atoms with E-state index in [1.54, 1.807) is 0 Å². The number of carbonyl (C=O) groups is 3. The first-order valence-electron chi connectivity index (χ1n) is 23.4. The molecular weight excluding hydrogens is 727 g/mol. The molecule has 58 heavy (non-hydrogen) atoms. The van der Waals surface area contributed by atoms with Gasteiger partial charge in [0.1, 0.15) is 6.61 Å². The zero-order valence-corrected chi connectivity index (χ0v) is 38.0. The van der Waals surface area contributed by atoms with Crippen LogP contribution in [0.25, 0.3) is 0 Å². The van der Waals surface area contributed by atoms with Crippen molar-refractivity contribution in [3.05, 3.63) is 60.8 Å². The molecule has 8 heteroatoms. The average Bonchev–Trinajstić information content (AvgIpc) is 3.18. The Bertz CT molecular complexity index is 1130. The van der Waals surface area contributed by atoms with Crippen LogP contribution in [0.4, 0.5) is 0 Å². The predicted molar refractivity (Wildman–Crippen MR) is 243 cm³/mol. The van der Waals surface area contributed by atoms with Gasteiger partial charge in [-0.3, -0.25) is 9.59 Å². The van der Waals surface area contributed by atoms with Gasteiger partial charge in [0.15, 0.2) is 12.1 Å². The van der Waals surface area contributed by atoms with E-state index in [0.29, 0.717) is 19.3 Å². The maximum Gasteiger partial charge on any atom is 0.362 e. The maximum atomic E-state index is 12.8. The van der Waals surface area contributed by atoms with Crippen LogP contribution in [0.5, 0.6) is 0 Å². The molecule has 0 aromatic carbocycles. The van der Waals surface area contributed by atoms with E-state index >= 15 is 0 Å². The topological polar surface area (TPSA) is 99.1 Å². The van der Waals surface area contributed by atoms with Crippen LogP contribution in [0.2, 0.25) is 0 Å². The largest absolute Gasteiger partial charge is 0.477 e. The highest BCUT2D eigenvalue weighted by Crippen LogP contribution is 2.15. The summed E-state index contributed by atoms with van der Waals surface area (Å²) in [7, 11) is 5.52. The van der Waals surface area contributed by atoms with Gasteiger partial charge in [-0.25, -0.2) is 4.79 Å². The van der Waals surface area contributed by atoms with Crippen molar-refractivity contribution in [3.8, 4) is 0 Å². The highest BCUT2D eigenvalue weighted by atomic mass is 16.6. The molecule has 0 aromatic rings. The molecule has 0 aromatic heterocycles. The lowest BCUT2D eigenvalue weighted by atomic mass is 10.1. The molecule has 0 spiro atoms. The zero-order chi connectivity index (χ0) is 42.8. The molecule has 1 N–H and O–H groups in total. The van der Waals surface area contributed by atoms with Crippen molar-refractivity contribution in [2.45, 2.75) is 199 Å². The van der Waals surface area contributed by atoms with Crippen molar-refractivity contribution in [2.75, 3.05) is 41.0 Å². The van der Waals surface area contributed by atoms with Gasteiger partial charge in [0.25, 0.3) is 0 Å². The third kappa shape index (κ3) is 38.5. The van der Waals surface area contributed by atoms with Gasteiger partial charge in [-0.05, 0) is 57.8 Å². The fourth-order valence-electron chi connectivity index (χ4n) is 6.61. The van der Waals surface area contributed by atoms with Crippen LogP contribution in [-0.4, -0.2) is 80.6 Å². The first-order chi connectivity index (χ1) is 28.1. The summed E-state index contributed by atoms with van der Waals surface area (Å²) in [4.78, 5) is 37.0. The SMILES string of the molecule is CC/C=C/C=C/C=C/CCCCCCCCCC(=O)OCC(COCCC(C(=O)O)[N+](C)(C)C)OC(=O)CCCCCCCCCCCC/C=C/C=C/CCCCC. The van der Waals surface area contributed by atoms with Crippen molar-refractivity contribution in [1.82, 2.24) is 0 Å². The molecule has 334 valence electrons. The minimum Gasteiger partial charge on any atom is -0.477 e. The molecule has 8 nitrogen and oxygen atoms in total. The van der Waals surface area contributed by atoms with Gasteiger partial charge in [-0.1, -0.05) is 171 Å². The van der Waals surface area contributed by atoms with Crippen molar-refractivity contribution in [1.29, 1.82) is 0 Å². The molecule has 0 aliphatic heterocycles. The summed E-state index contributed by atoms with van der Waals surface area (Å²) in [5.74, 6) is -1.49. The molecule has 0 bridgehead atoms. The second kappa shape index (κ2) is 40.8. The molecule has 0 aliphatic rings. The number of carboxylic acids is 1. The molecule has 0 saturated heterocycles. The molecular formula is C50H88NO7+. The van der Waals surface area contributed by atoms with Gasteiger partial charge in [-0.15, -0.1) is 0 Å². The van der Waals surface area contributed by atoms with E-state index in [4.69, 9.17) is 14.2 Å². The van der Waals surface area contributed by atoms with E-state index in [-0.39, 0.29) is 36.2 Å². The van der Waals surface area contributed by atoms with E-state index in [9.17, 15) is 19.5 Å². The summed E-state index contributed by atoms with van der Waals surface area (Å²) in [6.07, 6.45) is 49.7. The van der Waals surface area contributed by atoms with E-state index in [1.165, 1.54) is 103 Å². The van der Waals surface area contributed by atoms with Gasteiger partial charge in [0, 0.05) is 19.3 Å². The average molecular weight is 815 g/mol. The number of esters is 2. The Morgan fingerprint density at radius 3 is 1.43 bits per heavy atom. The molecule has 2 unspecified atom stereocenters. The first-order valence-corrected chi connectivity index (χ1v) is 23.4. The number of unbranched alkanes of at least 4 members (excludes halogenated alkanes) is 20. The van der Waals surface area contributed by atoms with Gasteiger partial charge < -0.3 is 23.8 Å². The van der Waals surface area contributed by atoms with Crippen LogP contribution in [0.1, 0.15) is 187 Å². The number of likely N-dealkylation sites (N-methyl/N-ethyl adjacent to an activating group) is 1. The minimum absolute atomic E-state index is 0.0541. The molecule has 2 atom stereocenters. The van der Waals surface area contributed by atoms with Gasteiger partial charge in [-0.2, -0.15) is 0 Å². The smallest absolute Gasteiger partial charge is 0.362 e. The Hall–Kier alpha value is -2.97. The molecule has 0 saturated carbocycles. The number of aliphatic carboxylic acids is 1. The number of hydrogen-bond donors (Lipinski definition) is 1. The quantitative estimate of drug-likeness (QED) is 0.0284. The second-order valence-corrected chi connectivity index (χ2v) is 16.7. The molecule has 0 radical (unpaired) electrons. The Labute approximate surface area is 356 Å². The Morgan fingerprint density at radius 2 is 0.966 bits per heavy atom. The van der Waals surface area contributed by atoms with Crippen molar-refractivity contribution in [2.24, 2.45) is 0 Å². The van der Waals surface area contributed by atoms with Crippen LogP contribution >= 0.6 is 0 Å². The monoisotopic (exact) mass is 815 g/mol. The molecule has 0 aliphatic carbocycles. The molecule has 0 fully saturated rings. The fraction of sp³-hybridized carbons (Fsp3) is 0.740. The number of carboxylic acid groups (broad SMARTS) is 1. The number of quaternary nitrogens is 1. The van der Waals surface area contributed by atoms with Crippen LogP contribution < -0.4 is 0 Å². The number of allylic oxidation sites excluding steroid dienone is 10. The first kappa shape index (κ1) is 55.0. The maximum absolute atomic E-state index is 12.8. The third-order valence-electron chi connectivity index (χ3n) is 10.2. The van der Waals surface area contributed by atoms with E-state index in [2.05, 4.69) is 74.6 Å². The number of ether oxygens (including phenoxy) is 3. The minimum atomic E-state index is -0.879. The lowest BCUT2D eigenvalue weighted by Gasteiger charge is -2.31. The Balaban J connectivity index is 4.32. The van der Waals surface area contributed by atoms with Gasteiger partial charge in [0.05, 0.1) is 34.4 Å². The summed E-state index contributed by atoms with van der Waals surface area (Å²) in [5, 5.41) is 9.63. The van der Waals surface area contributed by atoms with E-state index < -0.39 is 18.1 Å². The highest BCUT2D eigenvalue weighted by molar-refractivity contribution is 5.72. The lowest BCUT2D eigenvalue weighted by Crippen LogP contribution is -2.50. The Morgan fingerprint density at radius 1 is 0.534 bits per heavy atom. The third-order valence-corrected chi connectivity index (χ3v) is 10.2. The van der Waals surface area contributed by atoms with Crippen LogP contribution in [0.3, 0.4) is 0 Å². The van der Waals surface area contributed by atoms with Crippen molar-refractivity contribution < 1.29 is 38.2 Å². The summed E-state index contributed by atoms with van der Waals surface area (Å²) < 4.78 is 17.3. The zero-order valence-electron chi connectivity index (χ0n) is 38.0. The summed E-state index contributed by atoms with van der Waals surface area (Å²) >= 11 is 0. The van der Waals surface area contributed by atoms with Crippen molar-refractivity contribution >= 4 is 17.9 Å². The molecule has 0 amide bonds. The highest BCUT2D eigenvalue weighted by Gasteiger charge is 2.31. The fourth-order valence-corrected chi connectivity index (χ4v) is 6.61. The second-order valence-electron chi connectivity index (χ2n) is 16.7. The van der Waals surface area contributed by atoms with Crippen molar-refractivity contribution in [3.63, 3.8) is 0 Å². The van der Waals surface area contributed by atoms with Crippen LogP contribution in [0.15, 0.2) is 60.8 Å². The summed E-state index contributed by atoms with van der Waals surface area (Å²) in [6, 6.07) is -0.619. The summed E-state index contributed by atoms with van der Waals surface area (Å²) in [5.41, 5.74) is 0. The van der Waals surface area contributed by atoms with E-state index in [1.807, 2.05) is 21.1 Å². The summed E-state index contributed by atoms with van der Waals surface area (Å²) in [6.45, 7) is 4.57. The standard InChI is InChI=1S/C50H87NO7/c1-6-8-10-12-14-16-18-20-22-23-24-25-27-29-31-33-35-37-39-41-49(53)58-46(44-56-43-42-47(50(54)55)51(3,4)5)45-57-48(52)40-38-36-34-32-30-28-26-21-19-17-15-13-11-9-7-2/h9,11,13-20,46-47H,6-8,10,12,21-45H2,1-5H3/p+1/b11-9+,15-13+,16-14+,19-17+,20-18+. The van der Waals surface area contributed by atoms with Gasteiger partial charge in [0.2, 0.25) is 0 Å². The predicted octanol–water partition coefficient (Wildman–Crippen LogP) is 13.0. The molecule has 0 heterocycles. The number of hydrogen-bond acceptors (Lipinski definition) is 6.